The lowest BCUT2D eigenvalue weighted by Crippen LogP contribution is -2.59. The van der Waals surface area contributed by atoms with Crippen molar-refractivity contribution >= 4 is 6.03 Å². The zero-order valence-electron chi connectivity index (χ0n) is 14.1. The first-order valence-electron chi connectivity index (χ1n) is 8.40. The lowest BCUT2D eigenvalue weighted by molar-refractivity contribution is -0.00706. The number of hydrogen-bond donors (Lipinski definition) is 2. The smallest absolute Gasteiger partial charge is 0.315 e. The molecule has 3 aliphatic heterocycles. The summed E-state index contributed by atoms with van der Waals surface area (Å²) >= 11 is 0. The normalized spacial score (nSPS) is 30.4. The summed E-state index contributed by atoms with van der Waals surface area (Å²) in [5, 5.41) is 5.90. The molecule has 2 bridgehead atoms. The number of urea groups is 1. The van der Waals surface area contributed by atoms with Crippen LogP contribution in [0.4, 0.5) is 4.79 Å². The molecule has 22 heavy (non-hydrogen) atoms. The molecule has 0 saturated carbocycles. The minimum absolute atomic E-state index is 0.0528. The molecule has 4 atom stereocenters. The zero-order chi connectivity index (χ0) is 16.1. The monoisotopic (exact) mass is 306 g/mol. The predicted molar refractivity (Wildman–Crippen MR) is 89.6 cm³/mol. The van der Waals surface area contributed by atoms with E-state index in [-0.39, 0.29) is 12.1 Å². The Morgan fingerprint density at radius 3 is 2.86 bits per heavy atom. The third-order valence-electron chi connectivity index (χ3n) is 4.84. The van der Waals surface area contributed by atoms with Crippen molar-refractivity contribution in [3.8, 4) is 12.3 Å². The van der Waals surface area contributed by atoms with Crippen LogP contribution in [0.5, 0.6) is 0 Å². The van der Waals surface area contributed by atoms with Crippen LogP contribution < -0.4 is 10.6 Å². The summed E-state index contributed by atoms with van der Waals surface area (Å²) in [5.74, 6) is 4.20. The van der Waals surface area contributed by atoms with E-state index in [0.717, 1.165) is 38.6 Å². The van der Waals surface area contributed by atoms with Crippen LogP contribution in [0.15, 0.2) is 0 Å². The van der Waals surface area contributed by atoms with E-state index in [1.54, 1.807) is 0 Å². The van der Waals surface area contributed by atoms with Crippen LogP contribution in [0.25, 0.3) is 0 Å². The van der Waals surface area contributed by atoms with Crippen LogP contribution in [-0.2, 0) is 0 Å². The maximum atomic E-state index is 11.7. The number of amides is 2. The van der Waals surface area contributed by atoms with Crippen molar-refractivity contribution in [2.45, 2.75) is 38.8 Å². The van der Waals surface area contributed by atoms with Crippen LogP contribution in [0, 0.1) is 24.2 Å². The van der Waals surface area contributed by atoms with E-state index < -0.39 is 0 Å². The van der Waals surface area contributed by atoms with Crippen molar-refractivity contribution < 1.29 is 4.79 Å². The molecule has 3 rings (SSSR count). The Hall–Kier alpha value is -1.25. The molecule has 0 aromatic heterocycles. The third kappa shape index (κ3) is 4.62. The minimum atomic E-state index is -0.0528. The van der Waals surface area contributed by atoms with Crippen LogP contribution in [0.2, 0.25) is 0 Å². The average Bonchev–Trinajstić information content (AvgIpc) is 2.45. The molecule has 3 saturated heterocycles. The van der Waals surface area contributed by atoms with Crippen LogP contribution in [0.1, 0.15) is 26.7 Å². The van der Waals surface area contributed by atoms with Gasteiger partial charge in [0.2, 0.25) is 0 Å². The molecule has 3 heterocycles. The van der Waals surface area contributed by atoms with Gasteiger partial charge in [-0.3, -0.25) is 9.80 Å². The highest BCUT2D eigenvalue weighted by Gasteiger charge is 2.40. The largest absolute Gasteiger partial charge is 0.337 e. The van der Waals surface area contributed by atoms with E-state index in [1.807, 2.05) is 13.8 Å². The number of fused-ring (bicyclic) bond motifs is 3. The van der Waals surface area contributed by atoms with E-state index in [0.29, 0.717) is 12.0 Å². The summed E-state index contributed by atoms with van der Waals surface area (Å²) in [6.07, 6.45) is 7.86. The Morgan fingerprint density at radius 2 is 2.27 bits per heavy atom. The standard InChI is InChI=1S/C17H30N4O/c1-5-7-20(4)11-15-12-21-8-6-14(15)9-16(21)10-18-17(22)19-13(2)3/h1,13-16H,6-12H2,2-4H3,(H2,18,19,22). The second kappa shape index (κ2) is 7.85. The predicted octanol–water partition coefficient (Wildman–Crippen LogP) is 0.969. The molecular formula is C17H30N4O. The van der Waals surface area contributed by atoms with Crippen molar-refractivity contribution in [3.63, 3.8) is 0 Å². The lowest BCUT2D eigenvalue weighted by atomic mass is 9.75. The number of nitrogens with one attached hydrogen (secondary N) is 2. The number of terminal acetylenes is 1. The fourth-order valence-electron chi connectivity index (χ4n) is 3.81. The number of hydrogen-bond acceptors (Lipinski definition) is 3. The highest BCUT2D eigenvalue weighted by Crippen LogP contribution is 2.36. The number of piperidine rings is 3. The highest BCUT2D eigenvalue weighted by molar-refractivity contribution is 5.74. The van der Waals surface area contributed by atoms with Gasteiger partial charge in [-0.2, -0.15) is 0 Å². The van der Waals surface area contributed by atoms with Crippen molar-refractivity contribution in [2.75, 3.05) is 39.8 Å². The van der Waals surface area contributed by atoms with E-state index >= 15 is 0 Å². The summed E-state index contributed by atoms with van der Waals surface area (Å²) < 4.78 is 0. The van der Waals surface area contributed by atoms with Crippen molar-refractivity contribution in [1.82, 2.24) is 20.4 Å². The molecule has 124 valence electrons. The van der Waals surface area contributed by atoms with Gasteiger partial charge in [0.1, 0.15) is 0 Å². The molecule has 0 aromatic rings. The number of nitrogens with zero attached hydrogens (tertiary/aromatic N) is 2. The van der Waals surface area contributed by atoms with Gasteiger partial charge in [0, 0.05) is 31.7 Å². The van der Waals surface area contributed by atoms with Gasteiger partial charge >= 0.3 is 6.03 Å². The Bertz CT molecular complexity index is 417. The van der Waals surface area contributed by atoms with Gasteiger partial charge < -0.3 is 10.6 Å². The van der Waals surface area contributed by atoms with Gasteiger partial charge in [0.25, 0.3) is 0 Å². The molecule has 0 aromatic carbocycles. The Labute approximate surface area is 134 Å². The molecule has 2 N–H and O–H groups in total. The average molecular weight is 306 g/mol. The molecular weight excluding hydrogens is 276 g/mol. The highest BCUT2D eigenvalue weighted by atomic mass is 16.2. The lowest BCUT2D eigenvalue weighted by Gasteiger charge is -2.50. The molecule has 3 fully saturated rings. The number of carbonyl (C=O) groups is 1. The Balaban J connectivity index is 1.78. The zero-order valence-corrected chi connectivity index (χ0v) is 14.1. The minimum Gasteiger partial charge on any atom is -0.337 e. The van der Waals surface area contributed by atoms with E-state index in [9.17, 15) is 4.79 Å². The van der Waals surface area contributed by atoms with Crippen molar-refractivity contribution in [1.29, 1.82) is 0 Å². The van der Waals surface area contributed by atoms with Gasteiger partial charge in [-0.15, -0.1) is 6.42 Å². The Morgan fingerprint density at radius 1 is 1.50 bits per heavy atom. The van der Waals surface area contributed by atoms with Crippen molar-refractivity contribution in [3.05, 3.63) is 0 Å². The van der Waals surface area contributed by atoms with Gasteiger partial charge in [-0.05, 0) is 52.1 Å². The Kier molecular flexibility index (Phi) is 6.10. The van der Waals surface area contributed by atoms with Crippen LogP contribution in [-0.4, -0.2) is 67.7 Å². The first-order valence-corrected chi connectivity index (χ1v) is 8.40. The van der Waals surface area contributed by atoms with E-state index in [1.165, 1.54) is 12.8 Å². The van der Waals surface area contributed by atoms with Gasteiger partial charge in [0.05, 0.1) is 6.54 Å². The second-order valence-corrected chi connectivity index (χ2v) is 7.10. The summed E-state index contributed by atoms with van der Waals surface area (Å²) in [6.45, 7) is 8.81. The maximum absolute atomic E-state index is 11.7. The fraction of sp³-hybridized carbons (Fsp3) is 0.824. The van der Waals surface area contributed by atoms with Crippen LogP contribution in [0.3, 0.4) is 0 Å². The summed E-state index contributed by atoms with van der Waals surface area (Å²) in [7, 11) is 2.10. The first-order chi connectivity index (χ1) is 10.5. The molecule has 4 unspecified atom stereocenters. The van der Waals surface area contributed by atoms with Gasteiger partial charge in [0.15, 0.2) is 0 Å². The first kappa shape index (κ1) is 17.1. The summed E-state index contributed by atoms with van der Waals surface area (Å²) in [5.41, 5.74) is 0. The van der Waals surface area contributed by atoms with Crippen molar-refractivity contribution in [2.24, 2.45) is 11.8 Å². The molecule has 5 nitrogen and oxygen atoms in total. The summed E-state index contributed by atoms with van der Waals surface area (Å²) in [6, 6.07) is 0.619. The number of carbonyl (C=O) groups excluding carboxylic acids is 1. The molecule has 2 amide bonds. The van der Waals surface area contributed by atoms with Gasteiger partial charge in [-0.25, -0.2) is 4.79 Å². The molecule has 3 aliphatic rings. The van der Waals surface area contributed by atoms with Crippen LogP contribution >= 0.6 is 0 Å². The summed E-state index contributed by atoms with van der Waals surface area (Å²) in [4.78, 5) is 16.5. The molecule has 0 aliphatic carbocycles. The quantitative estimate of drug-likeness (QED) is 0.719. The molecule has 0 radical (unpaired) electrons. The third-order valence-corrected chi connectivity index (χ3v) is 4.84. The maximum Gasteiger partial charge on any atom is 0.315 e. The topological polar surface area (TPSA) is 47.6 Å². The molecule has 5 heteroatoms. The van der Waals surface area contributed by atoms with E-state index in [2.05, 4.69) is 33.4 Å². The number of rotatable bonds is 6. The molecule has 0 spiro atoms. The SMILES string of the molecule is C#CCN(C)CC1CN2CCC1CC2CNC(=O)NC(C)C. The second-order valence-electron chi connectivity index (χ2n) is 7.10. The fourth-order valence-corrected chi connectivity index (χ4v) is 3.81. The van der Waals surface area contributed by atoms with Gasteiger partial charge in [-0.1, -0.05) is 5.92 Å². The van der Waals surface area contributed by atoms with E-state index in [4.69, 9.17) is 6.42 Å².